The third-order valence-electron chi connectivity index (χ3n) is 3.45. The Morgan fingerprint density at radius 2 is 2.11 bits per heavy atom. The van der Waals surface area contributed by atoms with Crippen LogP contribution in [-0.2, 0) is 12.8 Å². The third-order valence-corrected chi connectivity index (χ3v) is 3.45. The van der Waals surface area contributed by atoms with Gasteiger partial charge in [0.25, 0.3) is 0 Å². The van der Waals surface area contributed by atoms with Gasteiger partial charge in [0, 0.05) is 17.8 Å². The van der Waals surface area contributed by atoms with E-state index in [1.807, 2.05) is 0 Å². The van der Waals surface area contributed by atoms with Crippen LogP contribution in [0.4, 0.5) is 17.3 Å². The highest BCUT2D eigenvalue weighted by molar-refractivity contribution is 5.71. The lowest BCUT2D eigenvalue weighted by molar-refractivity contribution is 0.938. The first-order valence-corrected chi connectivity index (χ1v) is 6.26. The molecule has 2 N–H and O–H groups in total. The fraction of sp³-hybridized carbons (Fsp3) is 0.286. The number of benzene rings is 1. The van der Waals surface area contributed by atoms with Gasteiger partial charge in [-0.1, -0.05) is 25.1 Å². The van der Waals surface area contributed by atoms with Crippen LogP contribution in [0, 0.1) is 0 Å². The molecule has 1 aliphatic rings. The summed E-state index contributed by atoms with van der Waals surface area (Å²) in [5.74, 6) is 1.54. The summed E-state index contributed by atoms with van der Waals surface area (Å²) in [6, 6.07) is 8.45. The minimum Gasteiger partial charge on any atom is -0.383 e. The quantitative estimate of drug-likeness (QED) is 0.875. The van der Waals surface area contributed by atoms with Crippen molar-refractivity contribution in [2.75, 3.05) is 17.2 Å². The van der Waals surface area contributed by atoms with Gasteiger partial charge in [-0.2, -0.15) is 0 Å². The lowest BCUT2D eigenvalue weighted by atomic mass is 10.1. The van der Waals surface area contributed by atoms with Gasteiger partial charge in [-0.05, 0) is 24.5 Å². The number of hydrogen-bond donors (Lipinski definition) is 1. The fourth-order valence-electron chi connectivity index (χ4n) is 2.55. The number of nitrogens with two attached hydrogens (primary N) is 1. The Bertz CT molecular complexity index is 580. The molecule has 0 unspecified atom stereocenters. The number of hydrogen-bond acceptors (Lipinski definition) is 4. The summed E-state index contributed by atoms with van der Waals surface area (Å²) < 4.78 is 0. The number of para-hydroxylation sites is 1. The van der Waals surface area contributed by atoms with E-state index in [0.29, 0.717) is 5.82 Å². The Labute approximate surface area is 106 Å². The molecule has 0 aliphatic carbocycles. The highest BCUT2D eigenvalue weighted by atomic mass is 15.2. The molecular formula is C14H16N4. The van der Waals surface area contributed by atoms with Crippen molar-refractivity contribution in [1.29, 1.82) is 0 Å². The molecule has 0 fully saturated rings. The van der Waals surface area contributed by atoms with Crippen LogP contribution in [0.2, 0.25) is 0 Å². The molecule has 0 saturated heterocycles. The maximum absolute atomic E-state index is 5.94. The van der Waals surface area contributed by atoms with E-state index in [1.165, 1.54) is 11.3 Å². The molecular weight excluding hydrogens is 224 g/mol. The van der Waals surface area contributed by atoms with Crippen LogP contribution in [0.15, 0.2) is 30.6 Å². The van der Waals surface area contributed by atoms with Crippen LogP contribution in [0.5, 0.6) is 0 Å². The zero-order valence-electron chi connectivity index (χ0n) is 10.4. The lowest BCUT2D eigenvalue weighted by Gasteiger charge is -2.21. The molecule has 92 valence electrons. The van der Waals surface area contributed by atoms with E-state index in [2.05, 4.69) is 46.1 Å². The van der Waals surface area contributed by atoms with Gasteiger partial charge in [-0.15, -0.1) is 0 Å². The van der Waals surface area contributed by atoms with Crippen LogP contribution in [0.1, 0.15) is 18.1 Å². The molecule has 0 radical (unpaired) electrons. The molecule has 18 heavy (non-hydrogen) atoms. The SMILES string of the molecule is CCc1c(N)ncnc1N1CCc2ccccc21. The lowest BCUT2D eigenvalue weighted by Crippen LogP contribution is -2.18. The second kappa shape index (κ2) is 4.29. The van der Waals surface area contributed by atoms with Crippen molar-refractivity contribution in [2.45, 2.75) is 19.8 Å². The van der Waals surface area contributed by atoms with E-state index >= 15 is 0 Å². The molecule has 0 atom stereocenters. The van der Waals surface area contributed by atoms with Crippen LogP contribution in [0.3, 0.4) is 0 Å². The van der Waals surface area contributed by atoms with Gasteiger partial charge in [0.2, 0.25) is 0 Å². The summed E-state index contributed by atoms with van der Waals surface area (Å²) >= 11 is 0. The largest absolute Gasteiger partial charge is 0.383 e. The number of nitrogen functional groups attached to an aromatic ring is 1. The number of rotatable bonds is 2. The van der Waals surface area contributed by atoms with Crippen molar-refractivity contribution in [3.05, 3.63) is 41.7 Å². The van der Waals surface area contributed by atoms with Gasteiger partial charge < -0.3 is 10.6 Å². The van der Waals surface area contributed by atoms with E-state index in [-0.39, 0.29) is 0 Å². The van der Waals surface area contributed by atoms with Gasteiger partial charge in [0.1, 0.15) is 18.0 Å². The molecule has 1 aliphatic heterocycles. The van der Waals surface area contributed by atoms with Gasteiger partial charge in [0.15, 0.2) is 0 Å². The summed E-state index contributed by atoms with van der Waals surface area (Å²) in [5.41, 5.74) is 9.59. The monoisotopic (exact) mass is 240 g/mol. The van der Waals surface area contributed by atoms with Crippen LogP contribution < -0.4 is 10.6 Å². The number of anilines is 3. The van der Waals surface area contributed by atoms with Gasteiger partial charge in [0.05, 0.1) is 0 Å². The summed E-state index contributed by atoms with van der Waals surface area (Å²) in [6.07, 6.45) is 3.45. The zero-order valence-corrected chi connectivity index (χ0v) is 10.4. The molecule has 3 rings (SSSR count). The number of fused-ring (bicyclic) bond motifs is 1. The topological polar surface area (TPSA) is 55.0 Å². The minimum atomic E-state index is 0.590. The van der Waals surface area contributed by atoms with Crippen molar-refractivity contribution >= 4 is 17.3 Å². The highest BCUT2D eigenvalue weighted by Crippen LogP contribution is 2.35. The Hall–Kier alpha value is -2.10. The molecule has 0 spiro atoms. The predicted octanol–water partition coefficient (Wildman–Crippen LogP) is 2.32. The summed E-state index contributed by atoms with van der Waals surface area (Å²) in [4.78, 5) is 10.7. The number of aromatic nitrogens is 2. The number of nitrogens with zero attached hydrogens (tertiary/aromatic N) is 3. The van der Waals surface area contributed by atoms with Crippen LogP contribution in [-0.4, -0.2) is 16.5 Å². The molecule has 4 nitrogen and oxygen atoms in total. The van der Waals surface area contributed by atoms with Gasteiger partial charge in [-0.3, -0.25) is 0 Å². The van der Waals surface area contributed by atoms with Gasteiger partial charge >= 0.3 is 0 Å². The predicted molar refractivity (Wildman–Crippen MR) is 73.0 cm³/mol. The zero-order chi connectivity index (χ0) is 12.5. The molecule has 1 aromatic heterocycles. The molecule has 4 heteroatoms. The molecule has 2 heterocycles. The van der Waals surface area contributed by atoms with Crippen molar-refractivity contribution in [2.24, 2.45) is 0 Å². The van der Waals surface area contributed by atoms with E-state index in [1.54, 1.807) is 6.33 Å². The van der Waals surface area contributed by atoms with Crippen molar-refractivity contribution in [1.82, 2.24) is 9.97 Å². The summed E-state index contributed by atoms with van der Waals surface area (Å²) in [6.45, 7) is 3.04. The first-order valence-electron chi connectivity index (χ1n) is 6.26. The normalized spacial score (nSPS) is 13.7. The molecule has 0 bridgehead atoms. The van der Waals surface area contributed by atoms with Crippen LogP contribution in [0.25, 0.3) is 0 Å². The summed E-state index contributed by atoms with van der Waals surface area (Å²) in [7, 11) is 0. The van der Waals surface area contributed by atoms with Crippen molar-refractivity contribution < 1.29 is 0 Å². The highest BCUT2D eigenvalue weighted by Gasteiger charge is 2.23. The Morgan fingerprint density at radius 1 is 1.28 bits per heavy atom. The fourth-order valence-corrected chi connectivity index (χ4v) is 2.55. The standard InChI is InChI=1S/C14H16N4/c1-2-11-13(15)16-9-17-14(11)18-8-7-10-5-3-4-6-12(10)18/h3-6,9H,2,7-8H2,1H3,(H2,15,16,17). The minimum absolute atomic E-state index is 0.590. The van der Waals surface area contributed by atoms with E-state index in [9.17, 15) is 0 Å². The molecule has 0 amide bonds. The first kappa shape index (κ1) is 11.0. The average molecular weight is 240 g/mol. The molecule has 0 saturated carbocycles. The molecule has 2 aromatic rings. The Morgan fingerprint density at radius 3 is 2.94 bits per heavy atom. The second-order valence-corrected chi connectivity index (χ2v) is 4.44. The summed E-state index contributed by atoms with van der Waals surface area (Å²) in [5, 5.41) is 0. The average Bonchev–Trinajstić information content (AvgIpc) is 2.82. The van der Waals surface area contributed by atoms with E-state index in [0.717, 1.165) is 30.8 Å². The van der Waals surface area contributed by atoms with Gasteiger partial charge in [-0.25, -0.2) is 9.97 Å². The van der Waals surface area contributed by atoms with Crippen molar-refractivity contribution in [3.63, 3.8) is 0 Å². The van der Waals surface area contributed by atoms with Crippen molar-refractivity contribution in [3.8, 4) is 0 Å². The Balaban J connectivity index is 2.10. The smallest absolute Gasteiger partial charge is 0.141 e. The van der Waals surface area contributed by atoms with E-state index in [4.69, 9.17) is 5.73 Å². The maximum atomic E-state index is 5.94. The van der Waals surface area contributed by atoms with Crippen LogP contribution >= 0.6 is 0 Å². The Kier molecular flexibility index (Phi) is 2.63. The third kappa shape index (κ3) is 1.61. The first-order chi connectivity index (χ1) is 8.81. The second-order valence-electron chi connectivity index (χ2n) is 4.44. The van der Waals surface area contributed by atoms with E-state index < -0.39 is 0 Å². The maximum Gasteiger partial charge on any atom is 0.141 e. The molecule has 1 aromatic carbocycles.